The van der Waals surface area contributed by atoms with Gasteiger partial charge in [0.25, 0.3) is 11.6 Å². The molecule has 0 spiro atoms. The monoisotopic (exact) mass is 304 g/mol. The van der Waals surface area contributed by atoms with Crippen molar-refractivity contribution in [3.05, 3.63) is 45.8 Å². The van der Waals surface area contributed by atoms with Gasteiger partial charge in [-0.05, 0) is 18.9 Å². The van der Waals surface area contributed by atoms with Crippen molar-refractivity contribution in [3.63, 3.8) is 0 Å². The number of nitrogens with one attached hydrogen (secondary N) is 1. The molecule has 1 aliphatic rings. The van der Waals surface area contributed by atoms with Crippen molar-refractivity contribution in [1.82, 2.24) is 10.2 Å². The Morgan fingerprint density at radius 3 is 2.91 bits per heavy atom. The summed E-state index contributed by atoms with van der Waals surface area (Å²) >= 11 is 0. The van der Waals surface area contributed by atoms with Gasteiger partial charge in [-0.25, -0.2) is 0 Å². The van der Waals surface area contributed by atoms with E-state index < -0.39 is 10.8 Å². The number of hydrogen-bond acceptors (Lipinski definition) is 7. The zero-order valence-electron chi connectivity index (χ0n) is 11.4. The number of aromatic nitrogens is 2. The summed E-state index contributed by atoms with van der Waals surface area (Å²) < 4.78 is 10.7. The van der Waals surface area contributed by atoms with Crippen LogP contribution < -0.4 is 5.32 Å². The summed E-state index contributed by atoms with van der Waals surface area (Å²) in [5.74, 6) is -0.398. The third-order valence-corrected chi connectivity index (χ3v) is 3.21. The minimum absolute atomic E-state index is 0.0793. The number of anilines is 1. The normalized spacial score (nSPS) is 17.4. The highest BCUT2D eigenvalue weighted by Gasteiger charge is 2.25. The fraction of sp³-hybridized carbons (Fsp3) is 0.308. The van der Waals surface area contributed by atoms with E-state index in [0.29, 0.717) is 6.61 Å². The molecular formula is C13H12N4O5. The van der Waals surface area contributed by atoms with Gasteiger partial charge in [0, 0.05) is 12.7 Å². The number of carbonyl (C=O) groups excluding carboxylic acids is 1. The standard InChI is InChI=1S/C13H12N4O5/c18-11(8-4-1-2-5-9(8)17(19)20)14-13-16-15-12(22-13)10-6-3-7-21-10/h1-2,4-5,10H,3,6-7H2,(H,14,16,18). The molecule has 1 amide bonds. The molecule has 2 heterocycles. The molecule has 1 atom stereocenters. The van der Waals surface area contributed by atoms with Gasteiger partial charge in [-0.3, -0.25) is 20.2 Å². The lowest BCUT2D eigenvalue weighted by Crippen LogP contribution is -2.14. The molecule has 114 valence electrons. The van der Waals surface area contributed by atoms with E-state index in [1.54, 1.807) is 0 Å². The van der Waals surface area contributed by atoms with Crippen LogP contribution in [0.25, 0.3) is 0 Å². The number of amides is 1. The van der Waals surface area contributed by atoms with Gasteiger partial charge < -0.3 is 9.15 Å². The molecular weight excluding hydrogens is 292 g/mol. The smallest absolute Gasteiger partial charge is 0.322 e. The van der Waals surface area contributed by atoms with Gasteiger partial charge in [0.2, 0.25) is 5.89 Å². The minimum Gasteiger partial charge on any atom is -0.405 e. The van der Waals surface area contributed by atoms with Gasteiger partial charge in [0.15, 0.2) is 0 Å². The molecule has 0 bridgehead atoms. The lowest BCUT2D eigenvalue weighted by molar-refractivity contribution is -0.385. The molecule has 1 N–H and O–H groups in total. The van der Waals surface area contributed by atoms with Gasteiger partial charge in [0.1, 0.15) is 11.7 Å². The van der Waals surface area contributed by atoms with E-state index in [0.717, 1.165) is 12.8 Å². The Morgan fingerprint density at radius 1 is 1.36 bits per heavy atom. The van der Waals surface area contributed by atoms with E-state index in [9.17, 15) is 14.9 Å². The van der Waals surface area contributed by atoms with Crippen LogP contribution in [-0.4, -0.2) is 27.6 Å². The quantitative estimate of drug-likeness (QED) is 0.678. The minimum atomic E-state index is -0.685. The second kappa shape index (κ2) is 5.90. The number of ether oxygens (including phenoxy) is 1. The van der Waals surface area contributed by atoms with E-state index in [4.69, 9.17) is 9.15 Å². The van der Waals surface area contributed by atoms with E-state index in [-0.39, 0.29) is 29.3 Å². The molecule has 0 radical (unpaired) electrons. The zero-order chi connectivity index (χ0) is 15.5. The molecule has 22 heavy (non-hydrogen) atoms. The first kappa shape index (κ1) is 14.1. The number of nitrogens with zero attached hydrogens (tertiary/aromatic N) is 3. The molecule has 0 saturated carbocycles. The highest BCUT2D eigenvalue weighted by Crippen LogP contribution is 2.28. The topological polar surface area (TPSA) is 120 Å². The van der Waals surface area contributed by atoms with Crippen LogP contribution in [0.15, 0.2) is 28.7 Å². The number of hydrogen-bond donors (Lipinski definition) is 1. The van der Waals surface area contributed by atoms with Crippen LogP contribution in [0.5, 0.6) is 0 Å². The summed E-state index contributed by atoms with van der Waals surface area (Å²) in [4.78, 5) is 22.4. The van der Waals surface area contributed by atoms with Gasteiger partial charge in [0.05, 0.1) is 4.92 Å². The molecule has 1 aliphatic heterocycles. The van der Waals surface area contributed by atoms with Crippen molar-refractivity contribution in [2.45, 2.75) is 18.9 Å². The first-order valence-electron chi connectivity index (χ1n) is 6.65. The Kier molecular flexibility index (Phi) is 3.79. The third kappa shape index (κ3) is 2.79. The van der Waals surface area contributed by atoms with Crippen LogP contribution >= 0.6 is 0 Å². The van der Waals surface area contributed by atoms with Crippen LogP contribution in [0.1, 0.15) is 35.2 Å². The van der Waals surface area contributed by atoms with Crippen molar-refractivity contribution in [3.8, 4) is 0 Å². The molecule has 9 heteroatoms. The van der Waals surface area contributed by atoms with Gasteiger partial charge in [-0.15, -0.1) is 5.10 Å². The molecule has 9 nitrogen and oxygen atoms in total. The number of benzene rings is 1. The molecule has 2 aromatic rings. The average Bonchev–Trinajstić information content (AvgIpc) is 3.17. The maximum Gasteiger partial charge on any atom is 0.322 e. The molecule has 1 unspecified atom stereocenters. The fourth-order valence-electron chi connectivity index (χ4n) is 2.18. The third-order valence-electron chi connectivity index (χ3n) is 3.21. The highest BCUT2D eigenvalue weighted by atomic mass is 16.6. The molecule has 1 aromatic heterocycles. The Hall–Kier alpha value is -2.81. The number of para-hydroxylation sites is 1. The van der Waals surface area contributed by atoms with E-state index in [2.05, 4.69) is 15.5 Å². The van der Waals surface area contributed by atoms with Gasteiger partial charge in [-0.2, -0.15) is 0 Å². The summed E-state index contributed by atoms with van der Waals surface area (Å²) in [6.45, 7) is 0.630. The summed E-state index contributed by atoms with van der Waals surface area (Å²) in [6, 6.07) is 5.50. The second-order valence-corrected chi connectivity index (χ2v) is 4.68. The second-order valence-electron chi connectivity index (χ2n) is 4.68. The lowest BCUT2D eigenvalue weighted by Gasteiger charge is -2.03. The number of nitro groups is 1. The maximum atomic E-state index is 12.1. The van der Waals surface area contributed by atoms with E-state index in [1.165, 1.54) is 24.3 Å². The predicted octanol–water partition coefficient (Wildman–Crippen LogP) is 2.08. The molecule has 0 aliphatic carbocycles. The molecule has 1 saturated heterocycles. The van der Waals surface area contributed by atoms with Crippen molar-refractivity contribution in [2.24, 2.45) is 0 Å². The number of rotatable bonds is 4. The number of nitro benzene ring substituents is 1. The molecule has 3 rings (SSSR count). The van der Waals surface area contributed by atoms with Crippen molar-refractivity contribution >= 4 is 17.6 Å². The fourth-order valence-corrected chi connectivity index (χ4v) is 2.18. The van der Waals surface area contributed by atoms with Crippen LogP contribution in [0, 0.1) is 10.1 Å². The lowest BCUT2D eigenvalue weighted by atomic mass is 10.1. The Balaban J connectivity index is 1.76. The summed E-state index contributed by atoms with van der Waals surface area (Å²) in [5, 5.41) is 20.8. The highest BCUT2D eigenvalue weighted by molar-refractivity contribution is 6.06. The van der Waals surface area contributed by atoms with Crippen molar-refractivity contribution in [1.29, 1.82) is 0 Å². The predicted molar refractivity (Wildman–Crippen MR) is 73.3 cm³/mol. The van der Waals surface area contributed by atoms with Crippen LogP contribution in [0.3, 0.4) is 0 Å². The maximum absolute atomic E-state index is 12.1. The Labute approximate surface area is 124 Å². The molecule has 1 fully saturated rings. The van der Waals surface area contributed by atoms with Gasteiger partial charge >= 0.3 is 6.01 Å². The summed E-state index contributed by atoms with van der Waals surface area (Å²) in [6.07, 6.45) is 1.43. The summed E-state index contributed by atoms with van der Waals surface area (Å²) in [7, 11) is 0. The largest absolute Gasteiger partial charge is 0.405 e. The van der Waals surface area contributed by atoms with E-state index >= 15 is 0 Å². The zero-order valence-corrected chi connectivity index (χ0v) is 11.4. The first-order valence-corrected chi connectivity index (χ1v) is 6.65. The van der Waals surface area contributed by atoms with E-state index in [1.807, 2.05) is 0 Å². The van der Waals surface area contributed by atoms with Gasteiger partial charge in [-0.1, -0.05) is 17.2 Å². The SMILES string of the molecule is O=C(Nc1nnc(C2CCCO2)o1)c1ccccc1[N+](=O)[O-]. The average molecular weight is 304 g/mol. The van der Waals surface area contributed by atoms with Crippen molar-refractivity contribution in [2.75, 3.05) is 11.9 Å². The summed E-state index contributed by atoms with van der Waals surface area (Å²) in [5.41, 5.74) is -0.372. The first-order chi connectivity index (χ1) is 10.6. The van der Waals surface area contributed by atoms with Crippen molar-refractivity contribution < 1.29 is 18.9 Å². The van der Waals surface area contributed by atoms with Crippen LogP contribution in [0.2, 0.25) is 0 Å². The Morgan fingerprint density at radius 2 is 2.18 bits per heavy atom. The Bertz CT molecular complexity index is 708. The van der Waals surface area contributed by atoms with Crippen LogP contribution in [0.4, 0.5) is 11.7 Å². The molecule has 1 aromatic carbocycles. The van der Waals surface area contributed by atoms with Crippen LogP contribution in [-0.2, 0) is 4.74 Å². The number of carbonyl (C=O) groups is 1.